The fraction of sp³-hybridized carbons (Fsp3) is 0.432. The minimum Gasteiger partial charge on any atom is -0.494 e. The molecule has 10 nitrogen and oxygen atoms in total. The Kier molecular flexibility index (Phi) is 14.0. The highest BCUT2D eigenvalue weighted by Crippen LogP contribution is 2.28. The van der Waals surface area contributed by atoms with Gasteiger partial charge in [-0.1, -0.05) is 48.5 Å². The molecular weight excluding hydrogens is 679 g/mol. The van der Waals surface area contributed by atoms with Gasteiger partial charge in [-0.25, -0.2) is 4.98 Å². The highest BCUT2D eigenvalue weighted by atomic mass is 16.5. The van der Waals surface area contributed by atoms with Crippen molar-refractivity contribution in [2.75, 3.05) is 86.0 Å². The van der Waals surface area contributed by atoms with E-state index < -0.39 is 0 Å². The third kappa shape index (κ3) is 11.6. The van der Waals surface area contributed by atoms with Crippen LogP contribution in [0.3, 0.4) is 0 Å². The average Bonchev–Trinajstić information content (AvgIpc) is 3.64. The summed E-state index contributed by atoms with van der Waals surface area (Å²) >= 11 is 0. The summed E-state index contributed by atoms with van der Waals surface area (Å²) in [7, 11) is 2.17. The van der Waals surface area contributed by atoms with Gasteiger partial charge in [-0.05, 0) is 85.1 Å². The van der Waals surface area contributed by atoms with Crippen molar-refractivity contribution in [3.63, 3.8) is 0 Å². The van der Waals surface area contributed by atoms with E-state index >= 15 is 0 Å². The second-order valence-electron chi connectivity index (χ2n) is 14.4. The number of rotatable bonds is 19. The first-order valence-electron chi connectivity index (χ1n) is 19.5. The molecule has 286 valence electrons. The van der Waals surface area contributed by atoms with Gasteiger partial charge in [-0.2, -0.15) is 0 Å². The van der Waals surface area contributed by atoms with Gasteiger partial charge < -0.3 is 33.6 Å². The minimum atomic E-state index is 0.586. The summed E-state index contributed by atoms with van der Waals surface area (Å²) in [5.74, 6) is 2.21. The van der Waals surface area contributed by atoms with E-state index in [0.717, 1.165) is 127 Å². The van der Waals surface area contributed by atoms with Crippen molar-refractivity contribution in [2.24, 2.45) is 0 Å². The molecule has 0 radical (unpaired) electrons. The van der Waals surface area contributed by atoms with E-state index in [9.17, 15) is 0 Å². The van der Waals surface area contributed by atoms with Crippen molar-refractivity contribution in [1.29, 1.82) is 0 Å². The molecule has 5 aromatic rings. The van der Waals surface area contributed by atoms with Crippen LogP contribution in [0.4, 0.5) is 0 Å². The molecule has 0 amide bonds. The van der Waals surface area contributed by atoms with Gasteiger partial charge >= 0.3 is 0 Å². The van der Waals surface area contributed by atoms with Crippen LogP contribution >= 0.6 is 0 Å². The van der Waals surface area contributed by atoms with Crippen LogP contribution in [0, 0.1) is 0 Å². The van der Waals surface area contributed by atoms with Gasteiger partial charge in [0, 0.05) is 70.5 Å². The first-order valence-corrected chi connectivity index (χ1v) is 19.5. The maximum absolute atomic E-state index is 6.13. The van der Waals surface area contributed by atoms with E-state index in [2.05, 4.69) is 75.6 Å². The predicted octanol–water partition coefficient (Wildman–Crippen LogP) is 6.62. The third-order valence-electron chi connectivity index (χ3n) is 10.0. The summed E-state index contributed by atoms with van der Waals surface area (Å²) in [6, 6.07) is 31.7. The van der Waals surface area contributed by atoms with Crippen LogP contribution in [-0.2, 0) is 35.7 Å². The fourth-order valence-electron chi connectivity index (χ4n) is 6.89. The molecule has 2 fully saturated rings. The van der Waals surface area contributed by atoms with Crippen LogP contribution in [0.25, 0.3) is 22.6 Å². The van der Waals surface area contributed by atoms with Crippen LogP contribution in [-0.4, -0.2) is 106 Å². The summed E-state index contributed by atoms with van der Waals surface area (Å²) < 4.78 is 29.1. The van der Waals surface area contributed by atoms with Crippen LogP contribution in [0.2, 0.25) is 0 Å². The number of hydrogen-bond donors (Lipinski definition) is 1. The Hall–Kier alpha value is -4.29. The SMILES string of the molecule is CN(CCCOc1ccc(-c2nc3ccc(OCCCNCc4ccc(CN5CCOCC5)cc4)cc3o2)cc1)Cc1ccc(CN2CCOCC2)cc1. The number of aromatic nitrogens is 1. The Morgan fingerprint density at radius 3 is 1.91 bits per heavy atom. The minimum absolute atomic E-state index is 0.586. The van der Waals surface area contributed by atoms with Crippen molar-refractivity contribution >= 4 is 11.1 Å². The smallest absolute Gasteiger partial charge is 0.227 e. The normalized spacial score (nSPS) is 15.6. The molecule has 0 spiro atoms. The number of hydrogen-bond acceptors (Lipinski definition) is 10. The number of ether oxygens (including phenoxy) is 4. The number of benzene rings is 4. The van der Waals surface area contributed by atoms with E-state index in [4.69, 9.17) is 28.3 Å². The molecule has 4 aromatic carbocycles. The monoisotopic (exact) mass is 733 g/mol. The van der Waals surface area contributed by atoms with E-state index in [-0.39, 0.29) is 0 Å². The summed E-state index contributed by atoms with van der Waals surface area (Å²) in [5.41, 5.74) is 7.78. The Bertz CT molecular complexity index is 1830. The molecule has 3 heterocycles. The molecule has 0 unspecified atom stereocenters. The zero-order chi connectivity index (χ0) is 36.8. The summed E-state index contributed by atoms with van der Waals surface area (Å²) in [6.45, 7) is 14.3. The van der Waals surface area contributed by atoms with E-state index in [1.807, 2.05) is 42.5 Å². The van der Waals surface area contributed by atoms with Gasteiger partial charge in [0.05, 0.1) is 39.6 Å². The van der Waals surface area contributed by atoms with Gasteiger partial charge in [0.25, 0.3) is 0 Å². The Morgan fingerprint density at radius 1 is 0.667 bits per heavy atom. The van der Waals surface area contributed by atoms with Crippen LogP contribution in [0.5, 0.6) is 11.5 Å². The Balaban J connectivity index is 0.774. The van der Waals surface area contributed by atoms with Gasteiger partial charge in [-0.3, -0.25) is 9.80 Å². The summed E-state index contributed by atoms with van der Waals surface area (Å²) in [4.78, 5) is 12.0. The molecule has 2 saturated heterocycles. The van der Waals surface area contributed by atoms with Crippen molar-refractivity contribution in [2.45, 2.75) is 39.0 Å². The highest BCUT2D eigenvalue weighted by molar-refractivity contribution is 5.77. The average molecular weight is 734 g/mol. The molecule has 0 atom stereocenters. The lowest BCUT2D eigenvalue weighted by atomic mass is 10.1. The van der Waals surface area contributed by atoms with E-state index in [0.29, 0.717) is 24.7 Å². The molecular formula is C44H55N5O5. The molecule has 1 aromatic heterocycles. The maximum atomic E-state index is 6.13. The standard InChI is InChI=1S/C44H55N5O5/c1-47(32-36-8-10-38(11-9-36)34-49-22-28-51-29-23-49)19-3-25-52-40-14-12-39(13-15-40)44-46-42-17-16-41(30-43(42)54-44)53-24-2-18-45-31-35-4-6-37(7-5-35)33-48-20-26-50-27-21-48/h4-17,30,45H,2-3,18-29,31-34H2,1H3. The number of fused-ring (bicyclic) bond motifs is 1. The van der Waals surface area contributed by atoms with Crippen molar-refractivity contribution in [3.8, 4) is 23.0 Å². The van der Waals surface area contributed by atoms with Crippen molar-refractivity contribution in [1.82, 2.24) is 25.0 Å². The lowest BCUT2D eigenvalue weighted by Crippen LogP contribution is -2.35. The number of morpholine rings is 2. The molecule has 0 bridgehead atoms. The van der Waals surface area contributed by atoms with E-state index in [1.54, 1.807) is 0 Å². The van der Waals surface area contributed by atoms with Gasteiger partial charge in [0.1, 0.15) is 17.0 Å². The molecule has 0 aliphatic carbocycles. The van der Waals surface area contributed by atoms with Crippen molar-refractivity contribution < 1.29 is 23.4 Å². The molecule has 10 heteroatoms. The number of oxazole rings is 1. The lowest BCUT2D eigenvalue weighted by molar-refractivity contribution is 0.0341. The number of nitrogens with one attached hydrogen (secondary N) is 1. The fourth-order valence-corrected chi connectivity index (χ4v) is 6.89. The summed E-state index contributed by atoms with van der Waals surface area (Å²) in [6.07, 6.45) is 1.86. The zero-order valence-electron chi connectivity index (χ0n) is 31.7. The van der Waals surface area contributed by atoms with E-state index in [1.165, 1.54) is 22.3 Å². The zero-order valence-corrected chi connectivity index (χ0v) is 31.7. The molecule has 7 rings (SSSR count). The van der Waals surface area contributed by atoms with Gasteiger partial charge in [0.2, 0.25) is 5.89 Å². The molecule has 0 saturated carbocycles. The van der Waals surface area contributed by atoms with Crippen LogP contribution < -0.4 is 14.8 Å². The molecule has 54 heavy (non-hydrogen) atoms. The number of nitrogens with zero attached hydrogens (tertiary/aromatic N) is 4. The molecule has 2 aliphatic rings. The predicted molar refractivity (Wildman–Crippen MR) is 213 cm³/mol. The highest BCUT2D eigenvalue weighted by Gasteiger charge is 2.13. The molecule has 2 aliphatic heterocycles. The molecule has 1 N–H and O–H groups in total. The second-order valence-corrected chi connectivity index (χ2v) is 14.4. The van der Waals surface area contributed by atoms with Gasteiger partial charge in [-0.15, -0.1) is 0 Å². The van der Waals surface area contributed by atoms with Crippen molar-refractivity contribution in [3.05, 3.63) is 113 Å². The first kappa shape index (κ1) is 38.0. The maximum Gasteiger partial charge on any atom is 0.227 e. The Labute approximate surface area is 320 Å². The van der Waals surface area contributed by atoms with Crippen LogP contribution in [0.15, 0.2) is 95.4 Å². The first-order chi connectivity index (χ1) is 26.6. The van der Waals surface area contributed by atoms with Gasteiger partial charge in [0.15, 0.2) is 5.58 Å². The second kappa shape index (κ2) is 19.9. The largest absolute Gasteiger partial charge is 0.494 e. The topological polar surface area (TPSA) is 84.7 Å². The van der Waals surface area contributed by atoms with Crippen LogP contribution in [0.1, 0.15) is 35.1 Å². The third-order valence-corrected chi connectivity index (χ3v) is 10.0. The Morgan fingerprint density at radius 2 is 1.24 bits per heavy atom. The summed E-state index contributed by atoms with van der Waals surface area (Å²) in [5, 5.41) is 3.53. The lowest BCUT2D eigenvalue weighted by Gasteiger charge is -2.26. The quantitative estimate of drug-likeness (QED) is 0.0936.